The molecule has 0 saturated heterocycles. The van der Waals surface area contributed by atoms with Crippen LogP contribution in [-0.2, 0) is 11.3 Å². The first-order chi connectivity index (χ1) is 9.13. The summed E-state index contributed by atoms with van der Waals surface area (Å²) in [5.74, 6) is 0. The fourth-order valence-corrected chi connectivity index (χ4v) is 2.29. The zero-order valence-corrected chi connectivity index (χ0v) is 12.1. The highest BCUT2D eigenvalue weighted by Gasteiger charge is 2.04. The average Bonchev–Trinajstić information content (AvgIpc) is 2.36. The summed E-state index contributed by atoms with van der Waals surface area (Å²) in [7, 11) is 0. The van der Waals surface area contributed by atoms with Crippen molar-refractivity contribution < 1.29 is 9.53 Å². The zero-order chi connectivity index (χ0) is 13.7. The van der Waals surface area contributed by atoms with E-state index in [9.17, 15) is 4.79 Å². The minimum atomic E-state index is -0.457. The standard InChI is InChI=1S/C15H14BrNO2/c1-11-7-13(16)9-14(8-11)17-15(18)19-10-12-5-3-2-4-6-12/h2-9H,10H2,1H3,(H,17,18). The van der Waals surface area contributed by atoms with E-state index in [1.165, 1.54) is 0 Å². The van der Waals surface area contributed by atoms with Gasteiger partial charge in [-0.3, -0.25) is 5.32 Å². The molecule has 0 spiro atoms. The van der Waals surface area contributed by atoms with Crippen LogP contribution in [0.15, 0.2) is 53.0 Å². The molecule has 0 radical (unpaired) electrons. The van der Waals surface area contributed by atoms with Gasteiger partial charge >= 0.3 is 6.09 Å². The maximum atomic E-state index is 11.7. The molecule has 0 heterocycles. The average molecular weight is 320 g/mol. The third kappa shape index (κ3) is 4.41. The molecule has 2 rings (SSSR count). The Morgan fingerprint density at radius 3 is 2.63 bits per heavy atom. The van der Waals surface area contributed by atoms with Crippen LogP contribution in [0, 0.1) is 6.92 Å². The zero-order valence-electron chi connectivity index (χ0n) is 10.5. The van der Waals surface area contributed by atoms with Crippen molar-refractivity contribution in [2.45, 2.75) is 13.5 Å². The summed E-state index contributed by atoms with van der Waals surface area (Å²) in [6.45, 7) is 2.23. The number of carbonyl (C=O) groups excluding carboxylic acids is 1. The highest BCUT2D eigenvalue weighted by atomic mass is 79.9. The largest absolute Gasteiger partial charge is 0.444 e. The van der Waals surface area contributed by atoms with Crippen LogP contribution in [0.1, 0.15) is 11.1 Å². The van der Waals surface area contributed by atoms with Crippen molar-refractivity contribution in [2.24, 2.45) is 0 Å². The van der Waals surface area contributed by atoms with E-state index in [1.54, 1.807) is 0 Å². The normalized spacial score (nSPS) is 10.0. The maximum absolute atomic E-state index is 11.7. The lowest BCUT2D eigenvalue weighted by molar-refractivity contribution is 0.155. The molecule has 0 aromatic heterocycles. The van der Waals surface area contributed by atoms with Crippen LogP contribution in [0.3, 0.4) is 0 Å². The van der Waals surface area contributed by atoms with Gasteiger partial charge in [0.15, 0.2) is 0 Å². The fourth-order valence-electron chi connectivity index (χ4n) is 1.69. The number of carbonyl (C=O) groups is 1. The molecular formula is C15H14BrNO2. The van der Waals surface area contributed by atoms with E-state index in [-0.39, 0.29) is 6.61 Å². The van der Waals surface area contributed by atoms with E-state index < -0.39 is 6.09 Å². The number of amides is 1. The van der Waals surface area contributed by atoms with Gasteiger partial charge in [-0.15, -0.1) is 0 Å². The SMILES string of the molecule is Cc1cc(Br)cc(NC(=O)OCc2ccccc2)c1. The molecule has 3 nitrogen and oxygen atoms in total. The van der Waals surface area contributed by atoms with Crippen molar-refractivity contribution in [3.05, 3.63) is 64.1 Å². The molecule has 98 valence electrons. The number of hydrogen-bond acceptors (Lipinski definition) is 2. The number of anilines is 1. The Morgan fingerprint density at radius 1 is 1.21 bits per heavy atom. The van der Waals surface area contributed by atoms with Crippen molar-refractivity contribution in [2.75, 3.05) is 5.32 Å². The summed E-state index contributed by atoms with van der Waals surface area (Å²) in [6.07, 6.45) is -0.457. The Labute approximate surface area is 120 Å². The summed E-state index contributed by atoms with van der Waals surface area (Å²) in [5, 5.41) is 2.70. The van der Waals surface area contributed by atoms with Crippen molar-refractivity contribution in [3.63, 3.8) is 0 Å². The van der Waals surface area contributed by atoms with Crippen molar-refractivity contribution in [1.82, 2.24) is 0 Å². The molecule has 1 N–H and O–H groups in total. The van der Waals surface area contributed by atoms with Gasteiger partial charge in [-0.05, 0) is 36.2 Å². The van der Waals surface area contributed by atoms with E-state index in [2.05, 4.69) is 21.2 Å². The summed E-state index contributed by atoms with van der Waals surface area (Å²) >= 11 is 3.39. The predicted octanol–water partition coefficient (Wildman–Crippen LogP) is 4.51. The van der Waals surface area contributed by atoms with E-state index in [4.69, 9.17) is 4.74 Å². The number of hydrogen-bond donors (Lipinski definition) is 1. The highest BCUT2D eigenvalue weighted by molar-refractivity contribution is 9.10. The maximum Gasteiger partial charge on any atom is 0.411 e. The van der Waals surface area contributed by atoms with Crippen LogP contribution in [-0.4, -0.2) is 6.09 Å². The second-order valence-electron chi connectivity index (χ2n) is 4.20. The number of nitrogens with one attached hydrogen (secondary N) is 1. The summed E-state index contributed by atoms with van der Waals surface area (Å²) in [6, 6.07) is 15.3. The molecule has 2 aromatic carbocycles. The topological polar surface area (TPSA) is 38.3 Å². The van der Waals surface area contributed by atoms with Crippen molar-refractivity contribution in [1.29, 1.82) is 0 Å². The number of halogens is 1. The minimum Gasteiger partial charge on any atom is -0.444 e. The van der Waals surface area contributed by atoms with Gasteiger partial charge in [0.25, 0.3) is 0 Å². The van der Waals surface area contributed by atoms with Crippen LogP contribution in [0.25, 0.3) is 0 Å². The Morgan fingerprint density at radius 2 is 1.95 bits per heavy atom. The smallest absolute Gasteiger partial charge is 0.411 e. The molecule has 0 aliphatic rings. The lowest BCUT2D eigenvalue weighted by Crippen LogP contribution is -2.13. The lowest BCUT2D eigenvalue weighted by atomic mass is 10.2. The van der Waals surface area contributed by atoms with Crippen LogP contribution < -0.4 is 5.32 Å². The number of ether oxygens (including phenoxy) is 1. The van der Waals surface area contributed by atoms with E-state index in [0.717, 1.165) is 15.6 Å². The number of benzene rings is 2. The second kappa shape index (κ2) is 6.38. The van der Waals surface area contributed by atoms with Crippen LogP contribution in [0.5, 0.6) is 0 Å². The molecule has 0 aliphatic carbocycles. The van der Waals surface area contributed by atoms with Crippen LogP contribution in [0.4, 0.5) is 10.5 Å². The molecule has 0 atom stereocenters. The van der Waals surface area contributed by atoms with Gasteiger partial charge in [0.05, 0.1) is 0 Å². The number of aryl methyl sites for hydroxylation is 1. The molecule has 4 heteroatoms. The molecule has 0 aliphatic heterocycles. The van der Waals surface area contributed by atoms with Crippen LogP contribution in [0.2, 0.25) is 0 Å². The van der Waals surface area contributed by atoms with Crippen LogP contribution >= 0.6 is 15.9 Å². The van der Waals surface area contributed by atoms with Gasteiger partial charge in [0.2, 0.25) is 0 Å². The number of rotatable bonds is 3. The Kier molecular flexibility index (Phi) is 4.58. The van der Waals surface area contributed by atoms with E-state index >= 15 is 0 Å². The monoisotopic (exact) mass is 319 g/mol. The first-order valence-electron chi connectivity index (χ1n) is 5.88. The molecule has 19 heavy (non-hydrogen) atoms. The summed E-state index contributed by atoms with van der Waals surface area (Å²) in [5.41, 5.74) is 2.74. The minimum absolute atomic E-state index is 0.264. The molecule has 0 bridgehead atoms. The van der Waals surface area contributed by atoms with Gasteiger partial charge < -0.3 is 4.74 Å². The van der Waals surface area contributed by atoms with Gasteiger partial charge in [0.1, 0.15) is 6.61 Å². The fraction of sp³-hybridized carbons (Fsp3) is 0.133. The van der Waals surface area contributed by atoms with Gasteiger partial charge in [-0.25, -0.2) is 4.79 Å². The Bertz CT molecular complexity index is 549. The quantitative estimate of drug-likeness (QED) is 0.904. The Hall–Kier alpha value is -1.81. The molecular weight excluding hydrogens is 306 g/mol. The molecule has 0 fully saturated rings. The van der Waals surface area contributed by atoms with E-state index in [1.807, 2.05) is 55.5 Å². The first-order valence-corrected chi connectivity index (χ1v) is 6.68. The molecule has 0 saturated carbocycles. The van der Waals surface area contributed by atoms with Crippen molar-refractivity contribution >= 4 is 27.7 Å². The molecule has 1 amide bonds. The molecule has 0 unspecified atom stereocenters. The first kappa shape index (κ1) is 13.6. The second-order valence-corrected chi connectivity index (χ2v) is 5.12. The third-order valence-electron chi connectivity index (χ3n) is 2.50. The van der Waals surface area contributed by atoms with Gasteiger partial charge in [-0.1, -0.05) is 46.3 Å². The summed E-state index contributed by atoms with van der Waals surface area (Å²) in [4.78, 5) is 11.7. The lowest BCUT2D eigenvalue weighted by Gasteiger charge is -2.08. The van der Waals surface area contributed by atoms with Crippen molar-refractivity contribution in [3.8, 4) is 0 Å². The predicted molar refractivity (Wildman–Crippen MR) is 79.1 cm³/mol. The third-order valence-corrected chi connectivity index (χ3v) is 2.96. The summed E-state index contributed by atoms with van der Waals surface area (Å²) < 4.78 is 6.07. The van der Waals surface area contributed by atoms with Gasteiger partial charge in [-0.2, -0.15) is 0 Å². The molecule has 2 aromatic rings. The Balaban J connectivity index is 1.91. The highest BCUT2D eigenvalue weighted by Crippen LogP contribution is 2.19. The van der Waals surface area contributed by atoms with E-state index in [0.29, 0.717) is 5.69 Å². The van der Waals surface area contributed by atoms with Gasteiger partial charge in [0, 0.05) is 10.2 Å².